The average molecular weight is 733 g/mol. The van der Waals surface area contributed by atoms with E-state index in [0.717, 1.165) is 50.3 Å². The number of nitrogens with zero attached hydrogens (tertiary/aromatic N) is 2. The van der Waals surface area contributed by atoms with Crippen LogP contribution >= 0.6 is 22.6 Å². The van der Waals surface area contributed by atoms with E-state index in [1.54, 1.807) is 7.11 Å². The normalized spacial score (nSPS) is 35.2. The van der Waals surface area contributed by atoms with Crippen molar-refractivity contribution in [2.75, 3.05) is 40.0 Å². The Morgan fingerprint density at radius 1 is 1.02 bits per heavy atom. The molecule has 5 bridgehead atoms. The van der Waals surface area contributed by atoms with E-state index in [4.69, 9.17) is 14.2 Å². The third-order valence-electron chi connectivity index (χ3n) is 12.1. The number of piperidine rings is 1. The minimum atomic E-state index is -0.258. The van der Waals surface area contributed by atoms with Crippen LogP contribution in [-0.4, -0.2) is 78.8 Å². The molecule has 0 radical (unpaired) electrons. The summed E-state index contributed by atoms with van der Waals surface area (Å²) in [6.07, 6.45) is 24.0. The number of aliphatic hydroxyl groups is 1. The van der Waals surface area contributed by atoms with Crippen molar-refractivity contribution in [1.29, 1.82) is 0 Å². The summed E-state index contributed by atoms with van der Waals surface area (Å²) in [6.45, 7) is 4.81. The standard InChI is InChI=1S/C38H57IN2O4/c1-43-32-18-16-30(17-19-32)28-44-34(27-42)38-33-20-24-40-23-14-10-5-3-2-4-8-12-21-37(36(38)40)25-31(33)26-41(38)35(45-29-37)15-11-7-6-9-13-22-39/h6-7,13,16-19,22,31,33-36,42H,2-5,8-12,14-15,20-21,23-29H2,1H3/b7-6-,22-13-/t31?,33-,34+,35?,36-,37+,38+/m0/s1. The van der Waals surface area contributed by atoms with E-state index in [2.05, 4.69) is 66.8 Å². The number of methoxy groups -OCH3 is 1. The zero-order valence-electron chi connectivity index (χ0n) is 27.6. The van der Waals surface area contributed by atoms with Gasteiger partial charge >= 0.3 is 0 Å². The Morgan fingerprint density at radius 2 is 1.80 bits per heavy atom. The molecule has 5 fully saturated rings. The second kappa shape index (κ2) is 16.0. The van der Waals surface area contributed by atoms with Gasteiger partial charge in [-0.1, -0.05) is 97.9 Å². The Labute approximate surface area is 286 Å². The first kappa shape index (κ1) is 33.9. The maximum atomic E-state index is 11.4. The molecule has 7 heteroatoms. The molecule has 1 saturated carbocycles. The van der Waals surface area contributed by atoms with E-state index in [9.17, 15) is 5.11 Å². The van der Waals surface area contributed by atoms with Gasteiger partial charge in [0.2, 0.25) is 0 Å². The average Bonchev–Trinajstić information content (AvgIpc) is 3.26. The molecule has 1 aromatic carbocycles. The van der Waals surface area contributed by atoms with Crippen LogP contribution in [-0.2, 0) is 16.1 Å². The number of hydrogen-bond donors (Lipinski definition) is 1. The Kier molecular flexibility index (Phi) is 12.0. The maximum absolute atomic E-state index is 11.4. The SMILES string of the molecule is COc1ccc(CO[C@H](CO)[C@@]23[C@H]4CCN5CCCCCCCCCC[C@@]6(COC(CC/C=C\C/C=C\I)N2CC4C6)[C@H]53)cc1. The van der Waals surface area contributed by atoms with Crippen LogP contribution < -0.4 is 4.74 Å². The van der Waals surface area contributed by atoms with Crippen molar-refractivity contribution in [2.24, 2.45) is 17.3 Å². The van der Waals surface area contributed by atoms with Gasteiger partial charge in [0.25, 0.3) is 0 Å². The molecule has 6 rings (SSSR count). The highest BCUT2D eigenvalue weighted by Crippen LogP contribution is 2.65. The zero-order chi connectivity index (χ0) is 31.1. The molecule has 45 heavy (non-hydrogen) atoms. The van der Waals surface area contributed by atoms with Crippen LogP contribution in [0.5, 0.6) is 5.75 Å². The smallest absolute Gasteiger partial charge is 0.118 e. The molecule has 0 aromatic heterocycles. The molecule has 1 aromatic rings. The summed E-state index contributed by atoms with van der Waals surface area (Å²) < 4.78 is 21.6. The van der Waals surface area contributed by atoms with Crippen molar-refractivity contribution in [1.82, 2.24) is 9.80 Å². The van der Waals surface area contributed by atoms with Gasteiger partial charge in [0.1, 0.15) is 18.1 Å². The van der Waals surface area contributed by atoms with Crippen LogP contribution in [0.15, 0.2) is 46.6 Å². The molecule has 2 unspecified atom stereocenters. The van der Waals surface area contributed by atoms with Crippen LogP contribution in [0.2, 0.25) is 0 Å². The first-order chi connectivity index (χ1) is 22.2. The van der Waals surface area contributed by atoms with Crippen molar-refractivity contribution in [3.8, 4) is 5.75 Å². The van der Waals surface area contributed by atoms with E-state index >= 15 is 0 Å². The summed E-state index contributed by atoms with van der Waals surface area (Å²) in [7, 11) is 1.71. The minimum absolute atomic E-state index is 0.0472. The summed E-state index contributed by atoms with van der Waals surface area (Å²) in [4.78, 5) is 5.67. The molecule has 6 nitrogen and oxygen atoms in total. The third-order valence-corrected chi connectivity index (χ3v) is 12.6. The number of aliphatic hydroxyl groups excluding tert-OH is 1. The van der Waals surface area contributed by atoms with Crippen LogP contribution in [0, 0.1) is 17.3 Å². The Bertz CT molecular complexity index is 1130. The van der Waals surface area contributed by atoms with Crippen LogP contribution in [0.25, 0.3) is 0 Å². The summed E-state index contributed by atoms with van der Waals surface area (Å²) >= 11 is 2.29. The van der Waals surface area contributed by atoms with E-state index in [1.165, 1.54) is 77.2 Å². The van der Waals surface area contributed by atoms with Crippen LogP contribution in [0.3, 0.4) is 0 Å². The second-order valence-corrected chi connectivity index (χ2v) is 15.2. The molecule has 250 valence electrons. The predicted molar refractivity (Wildman–Crippen MR) is 190 cm³/mol. The van der Waals surface area contributed by atoms with Crippen molar-refractivity contribution in [3.05, 3.63) is 52.1 Å². The first-order valence-corrected chi connectivity index (χ1v) is 19.3. The summed E-state index contributed by atoms with van der Waals surface area (Å²) in [5.74, 6) is 2.04. The largest absolute Gasteiger partial charge is 0.497 e. The Morgan fingerprint density at radius 3 is 2.56 bits per heavy atom. The van der Waals surface area contributed by atoms with Gasteiger partial charge in [0.15, 0.2) is 0 Å². The van der Waals surface area contributed by atoms with Gasteiger partial charge in [0.05, 0.1) is 32.5 Å². The van der Waals surface area contributed by atoms with E-state index < -0.39 is 0 Å². The van der Waals surface area contributed by atoms with Gasteiger partial charge in [-0.2, -0.15) is 0 Å². The molecule has 0 spiro atoms. The molecule has 1 N–H and O–H groups in total. The van der Waals surface area contributed by atoms with E-state index in [-0.39, 0.29) is 29.9 Å². The molecular formula is C38H57IN2O4. The number of ether oxygens (including phenoxy) is 3. The molecule has 5 aliphatic rings. The van der Waals surface area contributed by atoms with Gasteiger partial charge in [-0.3, -0.25) is 9.80 Å². The van der Waals surface area contributed by atoms with E-state index in [1.807, 2.05) is 12.1 Å². The monoisotopic (exact) mass is 732 g/mol. The predicted octanol–water partition coefficient (Wildman–Crippen LogP) is 7.88. The maximum Gasteiger partial charge on any atom is 0.118 e. The molecule has 7 atom stereocenters. The third kappa shape index (κ3) is 6.96. The van der Waals surface area contributed by atoms with Crippen molar-refractivity contribution in [3.63, 3.8) is 0 Å². The van der Waals surface area contributed by atoms with Crippen molar-refractivity contribution >= 4 is 22.6 Å². The van der Waals surface area contributed by atoms with Gasteiger partial charge in [0, 0.05) is 18.0 Å². The quantitative estimate of drug-likeness (QED) is 0.185. The van der Waals surface area contributed by atoms with Crippen LogP contribution in [0.4, 0.5) is 0 Å². The molecular weight excluding hydrogens is 675 g/mol. The number of benzene rings is 1. The highest BCUT2D eigenvalue weighted by molar-refractivity contribution is 14.1. The first-order valence-electron chi connectivity index (χ1n) is 18.0. The molecule has 4 aliphatic heterocycles. The fourth-order valence-corrected chi connectivity index (χ4v) is 10.6. The number of rotatable bonds is 11. The van der Waals surface area contributed by atoms with Gasteiger partial charge in [-0.15, -0.1) is 0 Å². The number of allylic oxidation sites excluding steroid dienone is 3. The van der Waals surface area contributed by atoms with Gasteiger partial charge < -0.3 is 19.3 Å². The second-order valence-electron chi connectivity index (χ2n) is 14.5. The lowest BCUT2D eigenvalue weighted by atomic mass is 9.51. The molecule has 4 heterocycles. The van der Waals surface area contributed by atoms with E-state index in [0.29, 0.717) is 24.5 Å². The highest BCUT2D eigenvalue weighted by atomic mass is 127. The fraction of sp³-hybridized carbons (Fsp3) is 0.737. The molecule has 0 amide bonds. The molecule has 4 saturated heterocycles. The number of hydrogen-bond acceptors (Lipinski definition) is 6. The highest BCUT2D eigenvalue weighted by Gasteiger charge is 2.74. The minimum Gasteiger partial charge on any atom is -0.497 e. The Hall–Kier alpha value is -0.970. The lowest BCUT2D eigenvalue weighted by Crippen LogP contribution is -2.77. The topological polar surface area (TPSA) is 54.4 Å². The molecule has 1 aliphatic carbocycles. The van der Waals surface area contributed by atoms with Gasteiger partial charge in [-0.05, 0) is 91.7 Å². The summed E-state index contributed by atoms with van der Waals surface area (Å²) in [5.41, 5.74) is 0.997. The summed E-state index contributed by atoms with van der Waals surface area (Å²) in [6, 6.07) is 8.58. The fourth-order valence-electron chi connectivity index (χ4n) is 10.3. The van der Waals surface area contributed by atoms with Crippen molar-refractivity contribution < 1.29 is 19.3 Å². The van der Waals surface area contributed by atoms with Crippen LogP contribution in [0.1, 0.15) is 95.5 Å². The lowest BCUT2D eigenvalue weighted by Gasteiger charge is -2.65. The Balaban J connectivity index is 1.37. The van der Waals surface area contributed by atoms with Crippen molar-refractivity contribution in [2.45, 2.75) is 120 Å². The zero-order valence-corrected chi connectivity index (χ0v) is 29.7. The lowest BCUT2D eigenvalue weighted by molar-refractivity contribution is -0.198. The summed E-state index contributed by atoms with van der Waals surface area (Å²) in [5, 5.41) is 11.4. The van der Waals surface area contributed by atoms with Gasteiger partial charge in [-0.25, -0.2) is 0 Å². The number of halogens is 1.